The number of halogens is 1. The van der Waals surface area contributed by atoms with Gasteiger partial charge >= 0.3 is 0 Å². The molecule has 3 aromatic rings. The molecule has 0 atom stereocenters. The van der Waals surface area contributed by atoms with Crippen LogP contribution in [-0.4, -0.2) is 9.91 Å². The maximum absolute atomic E-state index is 10.8. The molecule has 0 amide bonds. The second kappa shape index (κ2) is 4.72. The summed E-state index contributed by atoms with van der Waals surface area (Å²) in [4.78, 5) is 14.7. The third-order valence-corrected chi connectivity index (χ3v) is 3.94. The van der Waals surface area contributed by atoms with Crippen LogP contribution in [0.25, 0.3) is 22.6 Å². The number of non-ortho nitro benzene ring substituents is 1. The van der Waals surface area contributed by atoms with Crippen LogP contribution in [0, 0.1) is 17.0 Å². The third-order valence-electron chi connectivity index (χ3n) is 3.08. The molecule has 5 nitrogen and oxygen atoms in total. The van der Waals surface area contributed by atoms with E-state index < -0.39 is 4.92 Å². The summed E-state index contributed by atoms with van der Waals surface area (Å²) in [6.45, 7) is 1.96. The van der Waals surface area contributed by atoms with E-state index in [1.54, 1.807) is 6.07 Å². The summed E-state index contributed by atoms with van der Waals surface area (Å²) in [6.07, 6.45) is 0. The fourth-order valence-electron chi connectivity index (χ4n) is 1.98. The molecule has 0 spiro atoms. The molecule has 0 bridgehead atoms. The third kappa shape index (κ3) is 2.08. The zero-order valence-corrected chi connectivity index (χ0v) is 12.0. The van der Waals surface area contributed by atoms with Gasteiger partial charge in [0, 0.05) is 16.1 Å². The minimum Gasteiger partial charge on any atom is -0.436 e. The Morgan fingerprint density at radius 2 is 2.10 bits per heavy atom. The summed E-state index contributed by atoms with van der Waals surface area (Å²) in [7, 11) is 0. The van der Waals surface area contributed by atoms with Crippen molar-refractivity contribution in [1.82, 2.24) is 4.98 Å². The summed E-state index contributed by atoms with van der Waals surface area (Å²) in [5.41, 5.74) is 2.87. The molecule has 2 aromatic carbocycles. The lowest BCUT2D eigenvalue weighted by Gasteiger charge is -2.02. The molecule has 3 rings (SSSR count). The molecule has 0 aliphatic carbocycles. The minimum absolute atomic E-state index is 0.00818. The van der Waals surface area contributed by atoms with Crippen molar-refractivity contribution in [2.24, 2.45) is 0 Å². The highest BCUT2D eigenvalue weighted by Gasteiger charge is 2.14. The Bertz CT molecular complexity index is 826. The van der Waals surface area contributed by atoms with Crippen molar-refractivity contribution < 1.29 is 9.34 Å². The number of nitrogens with zero attached hydrogens (tertiary/aromatic N) is 2. The van der Waals surface area contributed by atoms with E-state index in [1.807, 2.05) is 25.1 Å². The Labute approximate surface area is 122 Å². The molecule has 0 saturated heterocycles. The van der Waals surface area contributed by atoms with Crippen LogP contribution < -0.4 is 0 Å². The molecule has 0 radical (unpaired) electrons. The van der Waals surface area contributed by atoms with E-state index in [4.69, 9.17) is 4.42 Å². The lowest BCUT2D eigenvalue weighted by molar-refractivity contribution is -0.384. The monoisotopic (exact) mass is 332 g/mol. The van der Waals surface area contributed by atoms with Crippen molar-refractivity contribution in [3.05, 3.63) is 56.5 Å². The number of nitro benzene ring substituents is 1. The Morgan fingerprint density at radius 1 is 1.30 bits per heavy atom. The van der Waals surface area contributed by atoms with Gasteiger partial charge in [0.2, 0.25) is 5.89 Å². The number of nitro groups is 1. The van der Waals surface area contributed by atoms with E-state index >= 15 is 0 Å². The normalized spacial score (nSPS) is 10.9. The molecular formula is C14H9BrN2O3. The van der Waals surface area contributed by atoms with Gasteiger partial charge in [-0.3, -0.25) is 10.1 Å². The van der Waals surface area contributed by atoms with E-state index in [9.17, 15) is 10.1 Å². The fourth-order valence-corrected chi connectivity index (χ4v) is 2.35. The molecule has 0 N–H and O–H groups in total. The van der Waals surface area contributed by atoms with Crippen LogP contribution in [0.1, 0.15) is 5.56 Å². The molecule has 0 aliphatic rings. The van der Waals surface area contributed by atoms with Crippen molar-refractivity contribution in [3.63, 3.8) is 0 Å². The van der Waals surface area contributed by atoms with Gasteiger partial charge in [-0.05, 0) is 30.7 Å². The summed E-state index contributed by atoms with van der Waals surface area (Å²) in [5, 5.41) is 10.8. The summed E-state index contributed by atoms with van der Waals surface area (Å²) in [6, 6.07) is 10.1. The molecule has 0 unspecified atom stereocenters. The van der Waals surface area contributed by atoms with Crippen LogP contribution in [0.4, 0.5) is 5.69 Å². The van der Waals surface area contributed by atoms with Crippen LogP contribution in [0.3, 0.4) is 0 Å². The SMILES string of the molecule is Cc1c(Br)cccc1-c1nc2ccc([N+](=O)[O-])cc2o1. The Kier molecular flexibility index (Phi) is 3.02. The van der Waals surface area contributed by atoms with Crippen molar-refractivity contribution in [3.8, 4) is 11.5 Å². The van der Waals surface area contributed by atoms with E-state index in [0.717, 1.165) is 15.6 Å². The first-order valence-electron chi connectivity index (χ1n) is 5.87. The maximum atomic E-state index is 10.8. The van der Waals surface area contributed by atoms with Gasteiger partial charge in [0.1, 0.15) is 5.52 Å². The van der Waals surface area contributed by atoms with Gasteiger partial charge in [-0.15, -0.1) is 0 Å². The van der Waals surface area contributed by atoms with Gasteiger partial charge in [0.05, 0.1) is 11.0 Å². The highest BCUT2D eigenvalue weighted by atomic mass is 79.9. The molecule has 0 saturated carbocycles. The zero-order chi connectivity index (χ0) is 14.3. The Morgan fingerprint density at radius 3 is 2.85 bits per heavy atom. The molecule has 6 heteroatoms. The number of aromatic nitrogens is 1. The number of fused-ring (bicyclic) bond motifs is 1. The minimum atomic E-state index is -0.452. The standard InChI is InChI=1S/C14H9BrN2O3/c1-8-10(3-2-4-11(8)15)14-16-12-6-5-9(17(18)19)7-13(12)20-14/h2-7H,1H3. The van der Waals surface area contributed by atoms with E-state index in [1.165, 1.54) is 12.1 Å². The first kappa shape index (κ1) is 12.8. The van der Waals surface area contributed by atoms with Gasteiger partial charge in [0.25, 0.3) is 5.69 Å². The number of oxazole rings is 1. The number of hydrogen-bond donors (Lipinski definition) is 0. The number of benzene rings is 2. The first-order valence-corrected chi connectivity index (χ1v) is 6.66. The smallest absolute Gasteiger partial charge is 0.273 e. The van der Waals surface area contributed by atoms with Crippen LogP contribution in [0.2, 0.25) is 0 Å². The van der Waals surface area contributed by atoms with Gasteiger partial charge in [-0.2, -0.15) is 0 Å². The largest absolute Gasteiger partial charge is 0.436 e. The van der Waals surface area contributed by atoms with Gasteiger partial charge in [-0.25, -0.2) is 4.98 Å². The fraction of sp³-hybridized carbons (Fsp3) is 0.0714. The lowest BCUT2D eigenvalue weighted by Crippen LogP contribution is -1.86. The molecule has 0 aliphatic heterocycles. The van der Waals surface area contributed by atoms with Crippen LogP contribution in [-0.2, 0) is 0 Å². The van der Waals surface area contributed by atoms with Gasteiger partial charge in [-0.1, -0.05) is 22.0 Å². The summed E-state index contributed by atoms with van der Waals surface area (Å²) < 4.78 is 6.61. The van der Waals surface area contributed by atoms with Gasteiger partial charge < -0.3 is 4.42 Å². The Balaban J connectivity index is 2.18. The predicted octanol–water partition coefficient (Wildman–Crippen LogP) is 4.47. The van der Waals surface area contributed by atoms with E-state index in [0.29, 0.717) is 17.0 Å². The zero-order valence-electron chi connectivity index (χ0n) is 10.5. The average Bonchev–Trinajstić information content (AvgIpc) is 2.84. The van der Waals surface area contributed by atoms with E-state index in [-0.39, 0.29) is 5.69 Å². The maximum Gasteiger partial charge on any atom is 0.273 e. The molecule has 1 heterocycles. The Hall–Kier alpha value is -2.21. The average molecular weight is 333 g/mol. The topological polar surface area (TPSA) is 69.2 Å². The first-order chi connectivity index (χ1) is 9.56. The quantitative estimate of drug-likeness (QED) is 0.512. The molecule has 1 aromatic heterocycles. The second-order valence-electron chi connectivity index (χ2n) is 4.34. The highest BCUT2D eigenvalue weighted by molar-refractivity contribution is 9.10. The lowest BCUT2D eigenvalue weighted by atomic mass is 10.1. The number of hydrogen-bond acceptors (Lipinski definition) is 4. The van der Waals surface area contributed by atoms with Crippen LogP contribution in [0.15, 0.2) is 45.3 Å². The van der Waals surface area contributed by atoms with Crippen molar-refractivity contribution in [2.45, 2.75) is 6.92 Å². The predicted molar refractivity (Wildman–Crippen MR) is 78.5 cm³/mol. The summed E-state index contributed by atoms with van der Waals surface area (Å²) in [5.74, 6) is 0.458. The highest BCUT2D eigenvalue weighted by Crippen LogP contribution is 2.31. The van der Waals surface area contributed by atoms with E-state index in [2.05, 4.69) is 20.9 Å². The second-order valence-corrected chi connectivity index (χ2v) is 5.19. The van der Waals surface area contributed by atoms with Crippen molar-refractivity contribution >= 4 is 32.7 Å². The van der Waals surface area contributed by atoms with Crippen LogP contribution in [0.5, 0.6) is 0 Å². The molecule has 0 fully saturated rings. The van der Waals surface area contributed by atoms with Gasteiger partial charge in [0.15, 0.2) is 5.58 Å². The summed E-state index contributed by atoms with van der Waals surface area (Å²) >= 11 is 3.46. The number of rotatable bonds is 2. The van der Waals surface area contributed by atoms with Crippen molar-refractivity contribution in [2.75, 3.05) is 0 Å². The molecule has 20 heavy (non-hydrogen) atoms. The molecular weight excluding hydrogens is 324 g/mol. The van der Waals surface area contributed by atoms with Crippen molar-refractivity contribution in [1.29, 1.82) is 0 Å². The molecule has 100 valence electrons. The van der Waals surface area contributed by atoms with Crippen LogP contribution >= 0.6 is 15.9 Å².